The van der Waals surface area contributed by atoms with Crippen LogP contribution in [0.4, 0.5) is 4.39 Å². The zero-order valence-electron chi connectivity index (χ0n) is 9.64. The Labute approximate surface area is 117 Å². The summed E-state index contributed by atoms with van der Waals surface area (Å²) in [5.41, 5.74) is 6.47. The second-order valence-corrected chi connectivity index (χ2v) is 5.08. The Morgan fingerprint density at radius 1 is 1.47 bits per heavy atom. The Balaban J connectivity index is 2.00. The average Bonchev–Trinajstić information content (AvgIpc) is 2.94. The number of halogens is 2. The SMILES string of the molecule is NCc1c(Oc2ccc(F)c(Cl)c2)nc2sccn12. The van der Waals surface area contributed by atoms with E-state index in [0.717, 1.165) is 10.7 Å². The number of ether oxygens (including phenoxy) is 1. The first-order valence-electron chi connectivity index (χ1n) is 5.46. The maximum Gasteiger partial charge on any atom is 0.243 e. The van der Waals surface area contributed by atoms with Gasteiger partial charge in [0.05, 0.1) is 5.02 Å². The maximum absolute atomic E-state index is 13.1. The summed E-state index contributed by atoms with van der Waals surface area (Å²) in [5.74, 6) is 0.350. The summed E-state index contributed by atoms with van der Waals surface area (Å²) >= 11 is 7.19. The van der Waals surface area contributed by atoms with E-state index in [1.807, 2.05) is 16.0 Å². The fourth-order valence-electron chi connectivity index (χ4n) is 1.73. The highest BCUT2D eigenvalue weighted by Gasteiger charge is 2.14. The molecular weight excluding hydrogens is 289 g/mol. The molecule has 0 spiro atoms. The molecule has 0 fully saturated rings. The molecule has 0 bridgehead atoms. The molecule has 98 valence electrons. The van der Waals surface area contributed by atoms with Gasteiger partial charge in [-0.05, 0) is 12.1 Å². The van der Waals surface area contributed by atoms with Crippen molar-refractivity contribution in [2.45, 2.75) is 6.54 Å². The zero-order chi connectivity index (χ0) is 13.4. The fraction of sp³-hybridized carbons (Fsp3) is 0.0833. The van der Waals surface area contributed by atoms with E-state index in [-0.39, 0.29) is 5.02 Å². The second-order valence-electron chi connectivity index (χ2n) is 3.80. The third-order valence-corrected chi connectivity index (χ3v) is 3.67. The molecule has 2 aromatic heterocycles. The number of nitrogens with zero attached hydrogens (tertiary/aromatic N) is 2. The van der Waals surface area contributed by atoms with Gasteiger partial charge in [0.2, 0.25) is 5.88 Å². The Bertz CT molecular complexity index is 740. The van der Waals surface area contributed by atoms with Gasteiger partial charge in [-0.2, -0.15) is 4.98 Å². The minimum atomic E-state index is -0.487. The van der Waals surface area contributed by atoms with Gasteiger partial charge in [-0.1, -0.05) is 11.6 Å². The number of fused-ring (bicyclic) bond motifs is 1. The van der Waals surface area contributed by atoms with E-state index in [1.54, 1.807) is 0 Å². The molecule has 0 saturated heterocycles. The molecule has 0 unspecified atom stereocenters. The molecule has 0 amide bonds. The molecule has 2 heterocycles. The lowest BCUT2D eigenvalue weighted by Gasteiger charge is -2.05. The van der Waals surface area contributed by atoms with Crippen LogP contribution in [0, 0.1) is 5.82 Å². The Morgan fingerprint density at radius 2 is 2.32 bits per heavy atom. The second kappa shape index (κ2) is 4.80. The molecule has 2 N–H and O–H groups in total. The van der Waals surface area contributed by atoms with E-state index in [2.05, 4.69) is 4.98 Å². The standard InChI is InChI=1S/C12H9ClFN3OS/c13-8-5-7(1-2-9(8)14)18-11-10(6-15)17-3-4-19-12(17)16-11/h1-5H,6,15H2. The molecule has 0 aliphatic carbocycles. The number of imidazole rings is 1. The van der Waals surface area contributed by atoms with Crippen molar-refractivity contribution in [3.63, 3.8) is 0 Å². The van der Waals surface area contributed by atoms with Crippen molar-refractivity contribution in [1.29, 1.82) is 0 Å². The third kappa shape index (κ3) is 2.18. The highest BCUT2D eigenvalue weighted by Crippen LogP contribution is 2.29. The number of rotatable bonds is 3. The zero-order valence-corrected chi connectivity index (χ0v) is 11.2. The van der Waals surface area contributed by atoms with Crippen molar-refractivity contribution in [3.05, 3.63) is 46.3 Å². The van der Waals surface area contributed by atoms with E-state index in [0.29, 0.717) is 18.2 Å². The van der Waals surface area contributed by atoms with Gasteiger partial charge in [0.1, 0.15) is 17.3 Å². The van der Waals surface area contributed by atoms with Gasteiger partial charge in [-0.15, -0.1) is 11.3 Å². The summed E-state index contributed by atoms with van der Waals surface area (Å²) in [5, 5.41) is 1.92. The smallest absolute Gasteiger partial charge is 0.243 e. The van der Waals surface area contributed by atoms with E-state index in [4.69, 9.17) is 22.1 Å². The molecule has 3 rings (SSSR count). The summed E-state index contributed by atoms with van der Waals surface area (Å²) in [6.45, 7) is 0.294. The number of benzene rings is 1. The van der Waals surface area contributed by atoms with Crippen LogP contribution in [0.3, 0.4) is 0 Å². The minimum Gasteiger partial charge on any atom is -0.437 e. The molecule has 0 saturated carbocycles. The van der Waals surface area contributed by atoms with E-state index >= 15 is 0 Å². The van der Waals surface area contributed by atoms with Crippen LogP contribution in [-0.2, 0) is 6.54 Å². The number of nitrogens with two attached hydrogens (primary N) is 1. The van der Waals surface area contributed by atoms with Crippen LogP contribution in [-0.4, -0.2) is 9.38 Å². The molecular formula is C12H9ClFN3OS. The number of hydrogen-bond donors (Lipinski definition) is 1. The van der Waals surface area contributed by atoms with E-state index in [9.17, 15) is 4.39 Å². The summed E-state index contributed by atoms with van der Waals surface area (Å²) in [4.78, 5) is 5.13. The van der Waals surface area contributed by atoms with Crippen molar-refractivity contribution in [2.24, 2.45) is 5.73 Å². The summed E-state index contributed by atoms with van der Waals surface area (Å²) in [7, 11) is 0. The monoisotopic (exact) mass is 297 g/mol. The molecule has 7 heteroatoms. The van der Waals surface area contributed by atoms with Crippen LogP contribution in [0.2, 0.25) is 5.02 Å². The Kier molecular flexibility index (Phi) is 3.14. The van der Waals surface area contributed by atoms with Gasteiger partial charge < -0.3 is 10.5 Å². The molecule has 0 atom stereocenters. The van der Waals surface area contributed by atoms with Crippen molar-refractivity contribution in [1.82, 2.24) is 9.38 Å². The first-order valence-corrected chi connectivity index (χ1v) is 6.72. The summed E-state index contributed by atoms with van der Waals surface area (Å²) in [6, 6.07) is 4.15. The van der Waals surface area contributed by atoms with Crippen LogP contribution in [0.5, 0.6) is 11.6 Å². The van der Waals surface area contributed by atoms with Crippen LogP contribution in [0.15, 0.2) is 29.8 Å². The van der Waals surface area contributed by atoms with Crippen LogP contribution in [0.1, 0.15) is 5.69 Å². The average molecular weight is 298 g/mol. The van der Waals surface area contributed by atoms with Crippen LogP contribution in [0.25, 0.3) is 4.96 Å². The predicted octanol–water partition coefficient (Wildman–Crippen LogP) is 3.44. The lowest BCUT2D eigenvalue weighted by molar-refractivity contribution is 0.458. The number of hydrogen-bond acceptors (Lipinski definition) is 4. The van der Waals surface area contributed by atoms with Crippen molar-refractivity contribution < 1.29 is 9.13 Å². The molecule has 19 heavy (non-hydrogen) atoms. The third-order valence-electron chi connectivity index (χ3n) is 2.62. The first kappa shape index (κ1) is 12.4. The van der Waals surface area contributed by atoms with Crippen LogP contribution < -0.4 is 10.5 Å². The highest BCUT2D eigenvalue weighted by atomic mass is 35.5. The van der Waals surface area contributed by atoms with Gasteiger partial charge in [-0.25, -0.2) is 4.39 Å². The summed E-state index contributed by atoms with van der Waals surface area (Å²) in [6.07, 6.45) is 1.87. The lowest BCUT2D eigenvalue weighted by Crippen LogP contribution is -2.01. The molecule has 0 aliphatic heterocycles. The molecule has 3 aromatic rings. The van der Waals surface area contributed by atoms with Gasteiger partial charge in [0, 0.05) is 24.2 Å². The quantitative estimate of drug-likeness (QED) is 0.805. The maximum atomic E-state index is 13.1. The largest absolute Gasteiger partial charge is 0.437 e. The van der Waals surface area contributed by atoms with Gasteiger partial charge in [0.15, 0.2) is 4.96 Å². The Hall–Kier alpha value is -1.63. The van der Waals surface area contributed by atoms with E-state index in [1.165, 1.54) is 29.5 Å². The number of thiazole rings is 1. The molecule has 0 aliphatic rings. The summed E-state index contributed by atoms with van der Waals surface area (Å²) < 4.78 is 20.6. The van der Waals surface area contributed by atoms with Crippen molar-refractivity contribution in [3.8, 4) is 11.6 Å². The minimum absolute atomic E-state index is 0.00724. The van der Waals surface area contributed by atoms with Crippen LogP contribution >= 0.6 is 22.9 Å². The number of aromatic nitrogens is 2. The van der Waals surface area contributed by atoms with E-state index < -0.39 is 5.82 Å². The molecule has 1 aromatic carbocycles. The van der Waals surface area contributed by atoms with Gasteiger partial charge in [-0.3, -0.25) is 4.40 Å². The highest BCUT2D eigenvalue weighted by molar-refractivity contribution is 7.15. The van der Waals surface area contributed by atoms with Crippen molar-refractivity contribution in [2.75, 3.05) is 0 Å². The predicted molar refractivity (Wildman–Crippen MR) is 72.4 cm³/mol. The lowest BCUT2D eigenvalue weighted by atomic mass is 10.3. The fourth-order valence-corrected chi connectivity index (χ4v) is 2.63. The van der Waals surface area contributed by atoms with Crippen molar-refractivity contribution >= 4 is 27.9 Å². The normalized spacial score (nSPS) is 11.1. The molecule has 4 nitrogen and oxygen atoms in total. The van der Waals surface area contributed by atoms with Gasteiger partial charge >= 0.3 is 0 Å². The van der Waals surface area contributed by atoms with Gasteiger partial charge in [0.25, 0.3) is 0 Å². The Morgan fingerprint density at radius 3 is 3.05 bits per heavy atom. The topological polar surface area (TPSA) is 52.5 Å². The molecule has 0 radical (unpaired) electrons. The first-order chi connectivity index (χ1) is 9.19.